The number of halogens is 1. The number of benzene rings is 2. The highest BCUT2D eigenvalue weighted by Gasteiger charge is 2.24. The molecule has 1 aliphatic heterocycles. The Kier molecular flexibility index (Phi) is 5.14. The van der Waals surface area contributed by atoms with Crippen LogP contribution < -0.4 is 14.2 Å². The molecule has 0 unspecified atom stereocenters. The van der Waals surface area contributed by atoms with Gasteiger partial charge in [-0.15, -0.1) is 0 Å². The molecule has 0 amide bonds. The Hall–Kier alpha value is -2.99. The molecule has 1 aliphatic rings. The first-order valence-corrected chi connectivity index (χ1v) is 8.02. The number of carbonyl (C=O) groups excluding carboxylic acids is 1. The third-order valence-corrected chi connectivity index (χ3v) is 3.95. The molecule has 0 bridgehead atoms. The summed E-state index contributed by atoms with van der Waals surface area (Å²) in [6.07, 6.45) is 1.59. The summed E-state index contributed by atoms with van der Waals surface area (Å²) in [6, 6.07) is 10.3. The van der Waals surface area contributed by atoms with Crippen molar-refractivity contribution in [2.75, 3.05) is 21.3 Å². The van der Waals surface area contributed by atoms with Gasteiger partial charge in [0.2, 0.25) is 11.6 Å². The molecule has 0 atom stereocenters. The molecule has 26 heavy (non-hydrogen) atoms. The predicted octanol–water partition coefficient (Wildman–Crippen LogP) is 3.71. The van der Waals surface area contributed by atoms with E-state index in [0.29, 0.717) is 33.4 Å². The smallest absolute Gasteiger partial charge is 0.363 e. The quantitative estimate of drug-likeness (QED) is 0.590. The number of rotatable bonds is 5. The molecule has 7 heteroatoms. The Labute approximate surface area is 155 Å². The molecule has 3 rings (SSSR count). The van der Waals surface area contributed by atoms with Gasteiger partial charge in [-0.05, 0) is 48.0 Å². The Balaban J connectivity index is 1.99. The van der Waals surface area contributed by atoms with Crippen LogP contribution in [0.2, 0.25) is 5.02 Å². The molecule has 2 aromatic rings. The summed E-state index contributed by atoms with van der Waals surface area (Å²) in [5, 5.41) is 0.590. The zero-order valence-corrected chi connectivity index (χ0v) is 15.2. The molecule has 0 aliphatic carbocycles. The van der Waals surface area contributed by atoms with Crippen molar-refractivity contribution >= 4 is 29.5 Å². The van der Waals surface area contributed by atoms with Gasteiger partial charge >= 0.3 is 5.97 Å². The lowest BCUT2D eigenvalue weighted by molar-refractivity contribution is -0.129. The lowest BCUT2D eigenvalue weighted by Crippen LogP contribution is -2.05. The fourth-order valence-electron chi connectivity index (χ4n) is 2.47. The molecule has 0 saturated heterocycles. The number of carbonyl (C=O) groups is 1. The Bertz CT molecular complexity index is 878. The number of cyclic esters (lactones) is 1. The van der Waals surface area contributed by atoms with Gasteiger partial charge in [-0.2, -0.15) is 0 Å². The molecule has 6 nitrogen and oxygen atoms in total. The predicted molar refractivity (Wildman–Crippen MR) is 98.2 cm³/mol. The largest absolute Gasteiger partial charge is 0.493 e. The van der Waals surface area contributed by atoms with E-state index in [4.69, 9.17) is 30.5 Å². The Morgan fingerprint density at radius 3 is 2.15 bits per heavy atom. The zero-order valence-electron chi connectivity index (χ0n) is 14.4. The van der Waals surface area contributed by atoms with Crippen molar-refractivity contribution in [3.05, 3.63) is 58.2 Å². The normalized spacial score (nSPS) is 14.8. The summed E-state index contributed by atoms with van der Waals surface area (Å²) in [5.74, 6) is 1.12. The second-order valence-electron chi connectivity index (χ2n) is 5.30. The number of ether oxygens (including phenoxy) is 4. The molecule has 1 heterocycles. The fraction of sp³-hybridized carbons (Fsp3) is 0.158. The number of hydrogen-bond acceptors (Lipinski definition) is 6. The second kappa shape index (κ2) is 7.49. The van der Waals surface area contributed by atoms with E-state index < -0.39 is 5.97 Å². The van der Waals surface area contributed by atoms with Crippen LogP contribution in [0.4, 0.5) is 0 Å². The second-order valence-corrected chi connectivity index (χ2v) is 5.74. The van der Waals surface area contributed by atoms with Crippen LogP contribution in [0.5, 0.6) is 17.2 Å². The van der Waals surface area contributed by atoms with Crippen LogP contribution in [-0.2, 0) is 9.53 Å². The van der Waals surface area contributed by atoms with E-state index in [1.807, 2.05) is 0 Å². The van der Waals surface area contributed by atoms with Crippen molar-refractivity contribution in [3.8, 4) is 17.2 Å². The van der Waals surface area contributed by atoms with E-state index >= 15 is 0 Å². The summed E-state index contributed by atoms with van der Waals surface area (Å²) in [4.78, 5) is 16.4. The van der Waals surface area contributed by atoms with Crippen LogP contribution in [0.15, 0.2) is 47.1 Å². The van der Waals surface area contributed by atoms with Crippen molar-refractivity contribution in [2.24, 2.45) is 4.99 Å². The lowest BCUT2D eigenvalue weighted by Gasteiger charge is -2.12. The maximum absolute atomic E-state index is 12.1. The van der Waals surface area contributed by atoms with Crippen molar-refractivity contribution < 1.29 is 23.7 Å². The average molecular weight is 374 g/mol. The van der Waals surface area contributed by atoms with E-state index in [1.54, 1.807) is 42.5 Å². The van der Waals surface area contributed by atoms with Gasteiger partial charge in [0, 0.05) is 10.6 Å². The van der Waals surface area contributed by atoms with Gasteiger partial charge < -0.3 is 18.9 Å². The molecule has 0 N–H and O–H groups in total. The van der Waals surface area contributed by atoms with Crippen LogP contribution in [0.3, 0.4) is 0 Å². The van der Waals surface area contributed by atoms with E-state index in [1.165, 1.54) is 21.3 Å². The van der Waals surface area contributed by atoms with Crippen LogP contribution in [0.1, 0.15) is 11.1 Å². The highest BCUT2D eigenvalue weighted by atomic mass is 35.5. The number of methoxy groups -OCH3 is 3. The number of esters is 1. The lowest BCUT2D eigenvalue weighted by atomic mass is 10.1. The average Bonchev–Trinajstić information content (AvgIpc) is 3.01. The minimum absolute atomic E-state index is 0.171. The van der Waals surface area contributed by atoms with Gasteiger partial charge in [-0.3, -0.25) is 0 Å². The van der Waals surface area contributed by atoms with Gasteiger partial charge in [-0.25, -0.2) is 9.79 Å². The van der Waals surface area contributed by atoms with Gasteiger partial charge in [0.25, 0.3) is 0 Å². The molecule has 0 aromatic heterocycles. The summed E-state index contributed by atoms with van der Waals surface area (Å²) in [6.45, 7) is 0. The SMILES string of the molecule is COc1cc(/C=C2/N=C(c3ccc(Cl)cc3)OC2=O)cc(OC)c1OC. The van der Waals surface area contributed by atoms with Gasteiger partial charge in [0.1, 0.15) is 0 Å². The molecular formula is C19H16ClNO5. The van der Waals surface area contributed by atoms with Crippen molar-refractivity contribution in [3.63, 3.8) is 0 Å². The summed E-state index contributed by atoms with van der Waals surface area (Å²) in [7, 11) is 4.57. The maximum atomic E-state index is 12.1. The molecular weight excluding hydrogens is 358 g/mol. The standard InChI is InChI=1S/C19H16ClNO5/c1-23-15-9-11(10-16(24-2)17(15)25-3)8-14-19(22)26-18(21-14)12-4-6-13(20)7-5-12/h4-10H,1-3H3/b14-8+. The van der Waals surface area contributed by atoms with Crippen molar-refractivity contribution in [1.29, 1.82) is 0 Å². The minimum Gasteiger partial charge on any atom is -0.493 e. The van der Waals surface area contributed by atoms with Crippen molar-refractivity contribution in [1.82, 2.24) is 0 Å². The molecule has 134 valence electrons. The Morgan fingerprint density at radius 2 is 1.62 bits per heavy atom. The van der Waals surface area contributed by atoms with E-state index in [-0.39, 0.29) is 11.6 Å². The van der Waals surface area contributed by atoms with E-state index in [0.717, 1.165) is 0 Å². The van der Waals surface area contributed by atoms with E-state index in [9.17, 15) is 4.79 Å². The maximum Gasteiger partial charge on any atom is 0.363 e. The third-order valence-electron chi connectivity index (χ3n) is 3.70. The van der Waals surface area contributed by atoms with Crippen LogP contribution in [-0.4, -0.2) is 33.2 Å². The van der Waals surface area contributed by atoms with Crippen LogP contribution in [0, 0.1) is 0 Å². The van der Waals surface area contributed by atoms with Crippen LogP contribution in [0.25, 0.3) is 6.08 Å². The first kappa shape index (κ1) is 17.8. The highest BCUT2D eigenvalue weighted by Crippen LogP contribution is 2.39. The summed E-state index contributed by atoms with van der Waals surface area (Å²) < 4.78 is 21.2. The van der Waals surface area contributed by atoms with Crippen LogP contribution >= 0.6 is 11.6 Å². The fourth-order valence-corrected chi connectivity index (χ4v) is 2.59. The summed E-state index contributed by atoms with van der Waals surface area (Å²) in [5.41, 5.74) is 1.49. The Morgan fingerprint density at radius 1 is 1.00 bits per heavy atom. The van der Waals surface area contributed by atoms with Gasteiger partial charge in [0.15, 0.2) is 17.2 Å². The number of aliphatic imine (C=N–C) groups is 1. The summed E-state index contributed by atoms with van der Waals surface area (Å²) >= 11 is 5.87. The first-order valence-electron chi connectivity index (χ1n) is 7.64. The van der Waals surface area contributed by atoms with Gasteiger partial charge in [0.05, 0.1) is 21.3 Å². The first-order chi connectivity index (χ1) is 12.5. The van der Waals surface area contributed by atoms with Gasteiger partial charge in [-0.1, -0.05) is 11.6 Å². The molecule has 0 radical (unpaired) electrons. The number of hydrogen-bond donors (Lipinski definition) is 0. The monoisotopic (exact) mass is 373 g/mol. The van der Waals surface area contributed by atoms with Crippen molar-refractivity contribution in [2.45, 2.75) is 0 Å². The third kappa shape index (κ3) is 3.50. The topological polar surface area (TPSA) is 66.4 Å². The highest BCUT2D eigenvalue weighted by molar-refractivity contribution is 6.30. The molecule has 2 aromatic carbocycles. The molecule has 0 saturated carbocycles. The van der Waals surface area contributed by atoms with E-state index in [2.05, 4.69) is 4.99 Å². The minimum atomic E-state index is -0.538. The zero-order chi connectivity index (χ0) is 18.7. The number of nitrogens with zero attached hydrogens (tertiary/aromatic N) is 1. The molecule has 0 spiro atoms. The molecule has 0 fully saturated rings.